The van der Waals surface area contributed by atoms with Crippen LogP contribution in [0.25, 0.3) is 0 Å². The van der Waals surface area contributed by atoms with E-state index in [0.29, 0.717) is 17.9 Å². The summed E-state index contributed by atoms with van der Waals surface area (Å²) in [7, 11) is 0. The molecule has 184 valence electrons. The van der Waals surface area contributed by atoms with Crippen molar-refractivity contribution < 1.29 is 21.5 Å². The highest BCUT2D eigenvalue weighted by Gasteiger charge is 2.28. The van der Waals surface area contributed by atoms with Crippen molar-refractivity contribution in [1.29, 1.82) is 0 Å². The number of aliphatic hydroxyl groups is 1. The molecule has 0 amide bonds. The molecule has 1 saturated heterocycles. The summed E-state index contributed by atoms with van der Waals surface area (Å²) >= 11 is 6.21. The molecule has 1 aliphatic carbocycles. The van der Waals surface area contributed by atoms with E-state index in [4.69, 9.17) is 11.6 Å². The van der Waals surface area contributed by atoms with Crippen LogP contribution in [0.15, 0.2) is 23.8 Å². The molecule has 0 aromatic carbocycles. The Morgan fingerprint density at radius 1 is 1.13 bits per heavy atom. The van der Waals surface area contributed by atoms with Crippen molar-refractivity contribution >= 4 is 11.6 Å². The second-order valence-corrected chi connectivity index (χ2v) is 9.97. The Labute approximate surface area is 193 Å². The first-order valence-electron chi connectivity index (χ1n) is 11.3. The minimum Gasteiger partial charge on any atom is -0.412 e. The van der Waals surface area contributed by atoms with Crippen LogP contribution in [0.1, 0.15) is 39.5 Å². The smallest absolute Gasteiger partial charge is 0.0654 e. The number of halogens is 1. The lowest BCUT2D eigenvalue weighted by molar-refractivity contribution is 0.134. The predicted octanol–water partition coefficient (Wildman–Crippen LogP) is 0.550. The Morgan fingerprint density at radius 2 is 1.84 bits per heavy atom. The van der Waals surface area contributed by atoms with Gasteiger partial charge in [0.15, 0.2) is 0 Å². The van der Waals surface area contributed by atoms with Crippen LogP contribution < -0.4 is 10.6 Å². The lowest BCUT2D eigenvalue weighted by Gasteiger charge is -2.39. The van der Waals surface area contributed by atoms with Gasteiger partial charge < -0.3 is 37.1 Å². The largest absolute Gasteiger partial charge is 0.412 e. The topological polar surface area (TPSA) is 142 Å². The third-order valence-electron chi connectivity index (χ3n) is 6.92. The number of hydrogen-bond acceptors (Lipinski definition) is 4. The summed E-state index contributed by atoms with van der Waals surface area (Å²) in [6.45, 7) is 11.2. The monoisotopic (exact) mass is 463 g/mol. The molecule has 1 fully saturated rings. The molecule has 2 aliphatic heterocycles. The molecular formula is C23H46ClN3O4. The summed E-state index contributed by atoms with van der Waals surface area (Å²) in [5.41, 5.74) is 1.12. The zero-order chi connectivity index (χ0) is 19.9. The van der Waals surface area contributed by atoms with Crippen LogP contribution in [-0.4, -0.2) is 83.7 Å². The van der Waals surface area contributed by atoms with Crippen molar-refractivity contribution in [2.24, 2.45) is 23.7 Å². The molecule has 8 heteroatoms. The number of likely N-dealkylation sites (tertiary alicyclic amines) is 1. The zero-order valence-electron chi connectivity index (χ0n) is 19.2. The van der Waals surface area contributed by atoms with Gasteiger partial charge in [0, 0.05) is 38.1 Å². The van der Waals surface area contributed by atoms with Crippen molar-refractivity contribution in [1.82, 2.24) is 15.5 Å². The van der Waals surface area contributed by atoms with E-state index in [1.54, 1.807) is 0 Å². The van der Waals surface area contributed by atoms with Crippen molar-refractivity contribution in [3.63, 3.8) is 0 Å². The van der Waals surface area contributed by atoms with Crippen LogP contribution in [0.3, 0.4) is 0 Å². The molecule has 31 heavy (non-hydrogen) atoms. The molecule has 2 heterocycles. The summed E-state index contributed by atoms with van der Waals surface area (Å²) in [6.07, 6.45) is 11.9. The predicted molar refractivity (Wildman–Crippen MR) is 130 cm³/mol. The highest BCUT2D eigenvalue weighted by Crippen LogP contribution is 2.33. The standard InChI is InChI=1S/C23H40ClN3O.3H2O/c1-17(2)23(26-14-18-11-19(16-28)13-25-12-18)15-27-9-7-21(8-10-27)20-3-5-22(24)6-4-20;;;/h3,5,11,17-18,20-23,25-26,28H,4,6-10,12-16H2,1-2H3;3*1H2/t18?,20?,22?,23-;;;/m0.../s1. The Bertz CT molecular complexity index is 539. The van der Waals surface area contributed by atoms with Crippen LogP contribution >= 0.6 is 11.6 Å². The maximum Gasteiger partial charge on any atom is 0.0654 e. The second-order valence-electron chi connectivity index (χ2n) is 9.41. The highest BCUT2D eigenvalue weighted by atomic mass is 35.5. The Kier molecular flexibility index (Phi) is 15.1. The lowest BCUT2D eigenvalue weighted by atomic mass is 9.79. The maximum absolute atomic E-state index is 9.37. The molecule has 0 bridgehead atoms. The van der Waals surface area contributed by atoms with Gasteiger partial charge in [-0.05, 0) is 62.1 Å². The first-order valence-corrected chi connectivity index (χ1v) is 11.8. The quantitative estimate of drug-likeness (QED) is 0.356. The molecule has 7 nitrogen and oxygen atoms in total. The number of aliphatic hydroxyl groups excluding tert-OH is 1. The van der Waals surface area contributed by atoms with Gasteiger partial charge in [0.1, 0.15) is 0 Å². The van der Waals surface area contributed by atoms with Crippen LogP contribution in [0, 0.1) is 23.7 Å². The Morgan fingerprint density at radius 3 is 2.42 bits per heavy atom. The van der Waals surface area contributed by atoms with Gasteiger partial charge in [-0.1, -0.05) is 32.1 Å². The second kappa shape index (κ2) is 15.3. The number of rotatable bonds is 8. The third kappa shape index (κ3) is 9.48. The summed E-state index contributed by atoms with van der Waals surface area (Å²) in [5.74, 6) is 2.70. The normalized spacial score (nSPS) is 28.2. The lowest BCUT2D eigenvalue weighted by Crippen LogP contribution is -2.49. The van der Waals surface area contributed by atoms with E-state index in [9.17, 15) is 5.11 Å². The van der Waals surface area contributed by atoms with E-state index in [0.717, 1.165) is 50.0 Å². The Hall–Kier alpha value is -0.510. The molecule has 0 radical (unpaired) electrons. The van der Waals surface area contributed by atoms with Crippen molar-refractivity contribution in [2.75, 3.05) is 45.9 Å². The van der Waals surface area contributed by atoms with Crippen LogP contribution in [0.5, 0.6) is 0 Å². The number of allylic oxidation sites excluding steroid dienone is 2. The van der Waals surface area contributed by atoms with Gasteiger partial charge in [-0.3, -0.25) is 0 Å². The third-order valence-corrected chi connectivity index (χ3v) is 7.28. The molecule has 3 unspecified atom stereocenters. The van der Waals surface area contributed by atoms with E-state index in [2.05, 4.69) is 47.6 Å². The molecule has 0 aromatic heterocycles. The van der Waals surface area contributed by atoms with E-state index in [-0.39, 0.29) is 28.4 Å². The maximum atomic E-state index is 9.37. The number of piperidine rings is 1. The summed E-state index contributed by atoms with van der Waals surface area (Å²) in [6, 6.07) is 0.524. The first kappa shape index (κ1) is 30.5. The van der Waals surface area contributed by atoms with Crippen LogP contribution in [0.4, 0.5) is 0 Å². The van der Waals surface area contributed by atoms with Gasteiger partial charge in [-0.25, -0.2) is 0 Å². The van der Waals surface area contributed by atoms with Gasteiger partial charge in [-0.15, -0.1) is 11.6 Å². The van der Waals surface area contributed by atoms with Crippen molar-refractivity contribution in [3.8, 4) is 0 Å². The number of alkyl halides is 1. The van der Waals surface area contributed by atoms with Gasteiger partial charge in [0.05, 0.1) is 12.0 Å². The number of nitrogens with zero attached hydrogens (tertiary/aromatic N) is 1. The molecule has 3 rings (SSSR count). The molecule has 0 spiro atoms. The van der Waals surface area contributed by atoms with Crippen molar-refractivity contribution in [2.45, 2.75) is 50.9 Å². The average Bonchev–Trinajstić information content (AvgIpc) is 2.72. The zero-order valence-corrected chi connectivity index (χ0v) is 20.0. The fourth-order valence-electron chi connectivity index (χ4n) is 4.96. The number of nitrogens with one attached hydrogen (secondary N) is 2. The Balaban J connectivity index is 0.00000300. The minimum absolute atomic E-state index is 0. The molecule has 4 atom stereocenters. The summed E-state index contributed by atoms with van der Waals surface area (Å²) < 4.78 is 0. The van der Waals surface area contributed by atoms with E-state index in [1.807, 2.05) is 0 Å². The van der Waals surface area contributed by atoms with E-state index >= 15 is 0 Å². The average molecular weight is 464 g/mol. The summed E-state index contributed by atoms with van der Waals surface area (Å²) in [4.78, 5) is 2.67. The summed E-state index contributed by atoms with van der Waals surface area (Å²) in [5, 5.41) is 16.9. The molecular weight excluding hydrogens is 418 g/mol. The van der Waals surface area contributed by atoms with Crippen LogP contribution in [0.2, 0.25) is 0 Å². The van der Waals surface area contributed by atoms with Crippen molar-refractivity contribution in [3.05, 3.63) is 23.8 Å². The van der Waals surface area contributed by atoms with Gasteiger partial charge >= 0.3 is 0 Å². The SMILES string of the molecule is CC(C)[C@H](CN1CCC(C2C=CC(Cl)CC2)CC1)NCC1C=C(CO)CNC1.O.O.O. The molecule has 0 saturated carbocycles. The van der Waals surface area contributed by atoms with Gasteiger partial charge in [-0.2, -0.15) is 0 Å². The van der Waals surface area contributed by atoms with Crippen LogP contribution in [-0.2, 0) is 0 Å². The van der Waals surface area contributed by atoms with Gasteiger partial charge in [0.25, 0.3) is 0 Å². The minimum atomic E-state index is 0. The molecule has 0 aromatic rings. The highest BCUT2D eigenvalue weighted by molar-refractivity contribution is 6.21. The fourth-order valence-corrected chi connectivity index (χ4v) is 5.17. The molecule has 3 aliphatic rings. The molecule has 9 N–H and O–H groups in total. The van der Waals surface area contributed by atoms with E-state index < -0.39 is 0 Å². The first-order chi connectivity index (χ1) is 13.5. The van der Waals surface area contributed by atoms with Gasteiger partial charge in [0.2, 0.25) is 0 Å². The van der Waals surface area contributed by atoms with E-state index in [1.165, 1.54) is 32.4 Å². The fraction of sp³-hybridized carbons (Fsp3) is 0.826. The number of hydrogen-bond donors (Lipinski definition) is 3.